The van der Waals surface area contributed by atoms with Gasteiger partial charge in [-0.2, -0.15) is 0 Å². The van der Waals surface area contributed by atoms with Crippen LogP contribution in [0.1, 0.15) is 43.9 Å². The smallest absolute Gasteiger partial charge is 0.0361 e. The number of aryl methyl sites for hydroxylation is 1. The van der Waals surface area contributed by atoms with Crippen LogP contribution < -0.4 is 5.32 Å². The van der Waals surface area contributed by atoms with Gasteiger partial charge >= 0.3 is 0 Å². The lowest BCUT2D eigenvalue weighted by atomic mass is 9.98. The van der Waals surface area contributed by atoms with Crippen LogP contribution in [-0.2, 0) is 0 Å². The van der Waals surface area contributed by atoms with E-state index in [4.69, 9.17) is 0 Å². The van der Waals surface area contributed by atoms with Crippen molar-refractivity contribution < 1.29 is 0 Å². The van der Waals surface area contributed by atoms with E-state index >= 15 is 0 Å². The molecule has 0 fully saturated rings. The van der Waals surface area contributed by atoms with E-state index in [2.05, 4.69) is 43.7 Å². The highest BCUT2D eigenvalue weighted by molar-refractivity contribution is 5.26. The molecule has 0 aromatic carbocycles. The first-order chi connectivity index (χ1) is 7.65. The number of nitrogens with one attached hydrogen (secondary N) is 1. The van der Waals surface area contributed by atoms with Gasteiger partial charge in [0.25, 0.3) is 0 Å². The summed E-state index contributed by atoms with van der Waals surface area (Å²) in [5.74, 6) is 0. The summed E-state index contributed by atoms with van der Waals surface area (Å²) in [4.78, 5) is 4.14. The van der Waals surface area contributed by atoms with Gasteiger partial charge in [0.1, 0.15) is 0 Å². The van der Waals surface area contributed by atoms with E-state index in [1.54, 1.807) is 0 Å². The molecular weight excluding hydrogens is 196 g/mol. The fourth-order valence-corrected chi connectivity index (χ4v) is 1.83. The minimum absolute atomic E-state index is 0.375. The third kappa shape index (κ3) is 3.78. The molecule has 0 saturated carbocycles. The van der Waals surface area contributed by atoms with Crippen LogP contribution in [0.25, 0.3) is 0 Å². The maximum absolute atomic E-state index is 4.14. The Morgan fingerprint density at radius 3 is 2.88 bits per heavy atom. The number of pyridine rings is 1. The Morgan fingerprint density at radius 2 is 2.31 bits per heavy atom. The Bertz CT molecular complexity index is 344. The highest BCUT2D eigenvalue weighted by atomic mass is 14.9. The zero-order chi connectivity index (χ0) is 12.0. The summed E-state index contributed by atoms with van der Waals surface area (Å²) in [6.07, 6.45) is 5.93. The summed E-state index contributed by atoms with van der Waals surface area (Å²) < 4.78 is 0. The van der Waals surface area contributed by atoms with Gasteiger partial charge in [-0.1, -0.05) is 12.5 Å². The fraction of sp³-hybridized carbons (Fsp3) is 0.500. The predicted molar refractivity (Wildman–Crippen MR) is 69.4 cm³/mol. The number of hydrogen-bond acceptors (Lipinski definition) is 2. The first-order valence-electron chi connectivity index (χ1n) is 5.93. The Kier molecular flexibility index (Phi) is 5.20. The molecule has 1 unspecified atom stereocenters. The molecule has 0 saturated heterocycles. The Balaban J connectivity index is 2.82. The lowest BCUT2D eigenvalue weighted by molar-refractivity contribution is 0.525. The largest absolute Gasteiger partial charge is 0.310 e. The minimum atomic E-state index is 0.375. The third-order valence-electron chi connectivity index (χ3n) is 2.63. The minimum Gasteiger partial charge on any atom is -0.310 e. The lowest BCUT2D eigenvalue weighted by Crippen LogP contribution is -2.23. The van der Waals surface area contributed by atoms with Crippen molar-refractivity contribution in [3.63, 3.8) is 0 Å². The molecule has 0 amide bonds. The second kappa shape index (κ2) is 6.44. The van der Waals surface area contributed by atoms with Gasteiger partial charge in [0, 0.05) is 18.4 Å². The maximum atomic E-state index is 4.14. The number of aromatic nitrogens is 1. The van der Waals surface area contributed by atoms with Crippen LogP contribution in [0, 0.1) is 6.92 Å². The standard InChI is InChI=1S/C14H22N2/c1-5-7-16-14(9-11(2)3)13-6-8-15-10-12(13)4/h6,8,10,14,16H,2,5,7,9H2,1,3-4H3. The second-order valence-electron chi connectivity index (χ2n) is 4.40. The predicted octanol–water partition coefficient (Wildman–Crippen LogP) is 3.40. The maximum Gasteiger partial charge on any atom is 0.0361 e. The molecule has 1 heterocycles. The molecule has 0 aliphatic carbocycles. The molecule has 1 rings (SSSR count). The van der Waals surface area contributed by atoms with Crippen LogP contribution in [0.5, 0.6) is 0 Å². The first kappa shape index (κ1) is 12.9. The first-order valence-corrected chi connectivity index (χ1v) is 5.93. The number of nitrogens with zero attached hydrogens (tertiary/aromatic N) is 1. The van der Waals surface area contributed by atoms with Crippen molar-refractivity contribution >= 4 is 0 Å². The van der Waals surface area contributed by atoms with E-state index in [9.17, 15) is 0 Å². The van der Waals surface area contributed by atoms with Gasteiger partial charge in [-0.15, -0.1) is 6.58 Å². The van der Waals surface area contributed by atoms with Gasteiger partial charge in [-0.3, -0.25) is 4.98 Å². The quantitative estimate of drug-likeness (QED) is 0.740. The summed E-state index contributed by atoms with van der Waals surface area (Å²) in [5, 5.41) is 3.57. The fourth-order valence-electron chi connectivity index (χ4n) is 1.83. The molecule has 0 aliphatic rings. The van der Waals surface area contributed by atoms with Crippen LogP contribution in [0.2, 0.25) is 0 Å². The molecule has 0 bridgehead atoms. The third-order valence-corrected chi connectivity index (χ3v) is 2.63. The molecule has 1 N–H and O–H groups in total. The molecule has 2 nitrogen and oxygen atoms in total. The summed E-state index contributed by atoms with van der Waals surface area (Å²) >= 11 is 0. The van der Waals surface area contributed by atoms with Crippen LogP contribution >= 0.6 is 0 Å². The van der Waals surface area contributed by atoms with Gasteiger partial charge in [-0.25, -0.2) is 0 Å². The summed E-state index contributed by atoms with van der Waals surface area (Å²) in [5.41, 5.74) is 3.80. The molecule has 2 heteroatoms. The molecule has 1 atom stereocenters. The Hall–Kier alpha value is -1.15. The highest BCUT2D eigenvalue weighted by Gasteiger charge is 2.12. The molecule has 0 aliphatic heterocycles. The van der Waals surface area contributed by atoms with Gasteiger partial charge in [-0.05, 0) is 50.4 Å². The van der Waals surface area contributed by atoms with Crippen LogP contribution in [0.15, 0.2) is 30.6 Å². The molecule has 0 radical (unpaired) electrons. The van der Waals surface area contributed by atoms with E-state index in [1.807, 2.05) is 12.4 Å². The van der Waals surface area contributed by atoms with Crippen molar-refractivity contribution in [2.24, 2.45) is 0 Å². The summed E-state index contributed by atoms with van der Waals surface area (Å²) in [6, 6.07) is 2.48. The van der Waals surface area contributed by atoms with E-state index in [0.717, 1.165) is 19.4 Å². The van der Waals surface area contributed by atoms with Crippen molar-refractivity contribution in [3.8, 4) is 0 Å². The SMILES string of the molecule is C=C(C)CC(NCCC)c1ccncc1C. The van der Waals surface area contributed by atoms with Crippen LogP contribution in [0.3, 0.4) is 0 Å². The van der Waals surface area contributed by atoms with Crippen molar-refractivity contribution in [1.82, 2.24) is 10.3 Å². The molecular formula is C14H22N2. The molecule has 88 valence electrons. The number of rotatable bonds is 6. The van der Waals surface area contributed by atoms with Crippen molar-refractivity contribution in [2.45, 2.75) is 39.7 Å². The van der Waals surface area contributed by atoms with E-state index < -0.39 is 0 Å². The molecule has 1 aromatic rings. The van der Waals surface area contributed by atoms with Gasteiger partial charge < -0.3 is 5.32 Å². The Labute approximate surface area is 98.8 Å². The molecule has 16 heavy (non-hydrogen) atoms. The number of hydrogen-bond donors (Lipinski definition) is 1. The zero-order valence-corrected chi connectivity index (χ0v) is 10.6. The van der Waals surface area contributed by atoms with Crippen LogP contribution in [0.4, 0.5) is 0 Å². The summed E-state index contributed by atoms with van der Waals surface area (Å²) in [7, 11) is 0. The van der Waals surface area contributed by atoms with Crippen molar-refractivity contribution in [1.29, 1.82) is 0 Å². The average molecular weight is 218 g/mol. The van der Waals surface area contributed by atoms with Crippen molar-refractivity contribution in [3.05, 3.63) is 41.7 Å². The van der Waals surface area contributed by atoms with Gasteiger partial charge in [0.05, 0.1) is 0 Å². The van der Waals surface area contributed by atoms with Gasteiger partial charge in [0.2, 0.25) is 0 Å². The molecule has 1 aromatic heterocycles. The van der Waals surface area contributed by atoms with E-state index in [1.165, 1.54) is 16.7 Å². The van der Waals surface area contributed by atoms with E-state index in [-0.39, 0.29) is 0 Å². The average Bonchev–Trinajstić information content (AvgIpc) is 2.24. The highest BCUT2D eigenvalue weighted by Crippen LogP contribution is 2.22. The monoisotopic (exact) mass is 218 g/mol. The topological polar surface area (TPSA) is 24.9 Å². The van der Waals surface area contributed by atoms with Crippen molar-refractivity contribution in [2.75, 3.05) is 6.54 Å². The lowest BCUT2D eigenvalue weighted by Gasteiger charge is -2.20. The van der Waals surface area contributed by atoms with Gasteiger partial charge in [0.15, 0.2) is 0 Å². The Morgan fingerprint density at radius 1 is 1.56 bits per heavy atom. The summed E-state index contributed by atoms with van der Waals surface area (Å²) in [6.45, 7) is 11.4. The zero-order valence-electron chi connectivity index (χ0n) is 10.6. The van der Waals surface area contributed by atoms with E-state index in [0.29, 0.717) is 6.04 Å². The van der Waals surface area contributed by atoms with Crippen LogP contribution in [-0.4, -0.2) is 11.5 Å². The molecule has 0 spiro atoms. The normalized spacial score (nSPS) is 12.4. The second-order valence-corrected chi connectivity index (χ2v) is 4.40.